The molecule has 0 aliphatic heterocycles. The summed E-state index contributed by atoms with van der Waals surface area (Å²) in [6.45, 7) is 6.93. The van der Waals surface area contributed by atoms with Gasteiger partial charge in [-0.1, -0.05) is 106 Å². The molecule has 3 aromatic carbocycles. The van der Waals surface area contributed by atoms with Crippen LogP contribution in [0.15, 0.2) is 116 Å². The van der Waals surface area contributed by atoms with Crippen molar-refractivity contribution in [2.75, 3.05) is 11.1 Å². The van der Waals surface area contributed by atoms with Gasteiger partial charge in [0.1, 0.15) is 17.2 Å². The lowest BCUT2D eigenvalue weighted by Gasteiger charge is -2.46. The van der Waals surface area contributed by atoms with E-state index in [1.807, 2.05) is 0 Å². The zero-order valence-electron chi connectivity index (χ0n) is 26.2. The molecule has 0 spiro atoms. The van der Waals surface area contributed by atoms with Crippen LogP contribution in [-0.4, -0.2) is 27.7 Å². The van der Waals surface area contributed by atoms with E-state index in [9.17, 15) is 4.39 Å². The highest BCUT2D eigenvalue weighted by atomic mass is 28.4. The van der Waals surface area contributed by atoms with Crippen LogP contribution in [0.3, 0.4) is 0 Å². The second kappa shape index (κ2) is 11.8. The van der Waals surface area contributed by atoms with Gasteiger partial charge in [-0.2, -0.15) is 0 Å². The number of aromatic nitrogens is 4. The summed E-state index contributed by atoms with van der Waals surface area (Å²) in [5, 5.41) is 6.02. The number of nitrogens with two attached hydrogens (primary N) is 1. The van der Waals surface area contributed by atoms with Crippen LogP contribution in [0.1, 0.15) is 56.9 Å². The van der Waals surface area contributed by atoms with Gasteiger partial charge in [-0.3, -0.25) is 4.40 Å². The lowest BCUT2D eigenvalue weighted by atomic mass is 9.86. The molecule has 46 heavy (non-hydrogen) atoms. The summed E-state index contributed by atoms with van der Waals surface area (Å²) >= 11 is 0. The molecule has 0 amide bonds. The van der Waals surface area contributed by atoms with E-state index in [4.69, 9.17) is 15.1 Å². The van der Waals surface area contributed by atoms with Crippen LogP contribution in [-0.2, 0) is 4.43 Å². The molecule has 7 rings (SSSR count). The summed E-state index contributed by atoms with van der Waals surface area (Å²) in [6.07, 6.45) is 6.17. The molecule has 0 unspecified atom stereocenters. The number of hydrogen-bond donors (Lipinski definition) is 2. The van der Waals surface area contributed by atoms with Crippen LogP contribution < -0.4 is 21.4 Å². The van der Waals surface area contributed by atoms with Gasteiger partial charge in [-0.25, -0.2) is 19.3 Å². The molecule has 6 aromatic rings. The zero-order valence-corrected chi connectivity index (χ0v) is 27.2. The molecular weight excluding hydrogens is 592 g/mol. The number of nitrogen functional groups attached to an aromatic ring is 1. The predicted molar refractivity (Wildman–Crippen MR) is 184 cm³/mol. The van der Waals surface area contributed by atoms with E-state index >= 15 is 0 Å². The minimum absolute atomic E-state index is 0.0418. The number of anilines is 2. The van der Waals surface area contributed by atoms with E-state index in [-0.39, 0.29) is 23.0 Å². The van der Waals surface area contributed by atoms with E-state index in [0.717, 1.165) is 18.4 Å². The molecular formula is C37H37FN6OSi. The fourth-order valence-corrected chi connectivity index (χ4v) is 11.5. The van der Waals surface area contributed by atoms with E-state index in [1.54, 1.807) is 22.9 Å². The number of fused-ring (bicyclic) bond motifs is 2. The minimum atomic E-state index is -2.77. The average molecular weight is 629 g/mol. The Balaban J connectivity index is 1.24. The van der Waals surface area contributed by atoms with Crippen molar-refractivity contribution in [1.29, 1.82) is 0 Å². The summed E-state index contributed by atoms with van der Waals surface area (Å²) < 4.78 is 23.3. The number of halogens is 1. The number of rotatable bonds is 7. The van der Waals surface area contributed by atoms with E-state index in [1.165, 1.54) is 28.2 Å². The predicted octanol–water partition coefficient (Wildman–Crippen LogP) is 7.08. The van der Waals surface area contributed by atoms with Crippen LogP contribution >= 0.6 is 0 Å². The number of nitrogens with one attached hydrogen (secondary N) is 1. The number of nitrogens with zero attached hydrogens (tertiary/aromatic N) is 4. The summed E-state index contributed by atoms with van der Waals surface area (Å²) in [6, 6.07) is 33.0. The van der Waals surface area contributed by atoms with Crippen molar-refractivity contribution in [3.05, 3.63) is 133 Å². The number of hydrogen-bond acceptors (Lipinski definition) is 6. The number of imidazole rings is 1. The van der Waals surface area contributed by atoms with Crippen LogP contribution in [0.4, 0.5) is 15.9 Å². The Morgan fingerprint density at radius 3 is 2.15 bits per heavy atom. The molecule has 1 aliphatic carbocycles. The highest BCUT2D eigenvalue weighted by Gasteiger charge is 2.52. The van der Waals surface area contributed by atoms with Gasteiger partial charge >= 0.3 is 0 Å². The lowest BCUT2D eigenvalue weighted by Crippen LogP contribution is -2.67. The van der Waals surface area contributed by atoms with Crippen molar-refractivity contribution >= 4 is 35.8 Å². The van der Waals surface area contributed by atoms with Gasteiger partial charge in [0.15, 0.2) is 11.6 Å². The molecule has 0 saturated carbocycles. The number of benzene rings is 3. The van der Waals surface area contributed by atoms with Crippen molar-refractivity contribution in [2.45, 2.75) is 50.8 Å². The Morgan fingerprint density at radius 2 is 1.48 bits per heavy atom. The van der Waals surface area contributed by atoms with Gasteiger partial charge in [0.2, 0.25) is 0 Å². The normalized spacial score (nSPS) is 16.7. The fraction of sp³-hybridized carbons (Fsp3) is 0.216. The van der Waals surface area contributed by atoms with Crippen molar-refractivity contribution in [1.82, 2.24) is 19.4 Å². The Labute approximate surface area is 269 Å². The Kier molecular flexibility index (Phi) is 7.66. The summed E-state index contributed by atoms with van der Waals surface area (Å²) in [4.78, 5) is 13.6. The SMILES string of the molecule is CC(C)(C)[Si](O[C@@H]1CC[C@@H](Nc2nc(-c3cnc4ccc(F)cn34)ncc2N)c2ccccc21)(c1ccccc1)c1ccccc1. The van der Waals surface area contributed by atoms with Gasteiger partial charge < -0.3 is 15.5 Å². The zero-order chi connectivity index (χ0) is 31.9. The second-order valence-corrected chi connectivity index (χ2v) is 17.1. The second-order valence-electron chi connectivity index (χ2n) is 12.9. The standard InChI is InChI=1S/C37H37FN6OSi/c1-37(2,3)46(26-12-6-4-7-13-26,27-14-8-5-9-15-27)45-33-20-19-31(28-16-10-11-17-29(28)33)42-35-30(39)22-41-36(43-35)32-23-40-34-21-18-25(38)24-44(32)34/h4-18,21-24,31,33H,19-20,39H2,1-3H3,(H,41,42,43)/t31-,33-/m1/s1. The molecule has 0 radical (unpaired) electrons. The van der Waals surface area contributed by atoms with Gasteiger partial charge in [-0.05, 0) is 51.5 Å². The average Bonchev–Trinajstić information content (AvgIpc) is 3.48. The van der Waals surface area contributed by atoms with Crippen molar-refractivity contribution < 1.29 is 8.82 Å². The highest BCUT2D eigenvalue weighted by Crippen LogP contribution is 2.45. The van der Waals surface area contributed by atoms with Crippen LogP contribution in [0.5, 0.6) is 0 Å². The quantitative estimate of drug-likeness (QED) is 0.184. The van der Waals surface area contributed by atoms with Gasteiger partial charge in [0.05, 0.1) is 30.2 Å². The summed E-state index contributed by atoms with van der Waals surface area (Å²) in [5.41, 5.74) is 10.4. The molecule has 3 aromatic heterocycles. The minimum Gasteiger partial charge on any atom is -0.400 e. The fourth-order valence-electron chi connectivity index (χ4n) is 6.84. The smallest absolute Gasteiger partial charge is 0.261 e. The summed E-state index contributed by atoms with van der Waals surface area (Å²) in [7, 11) is -2.77. The molecule has 0 saturated heterocycles. The topological polar surface area (TPSA) is 90.4 Å². The van der Waals surface area contributed by atoms with Crippen molar-refractivity contribution in [2.24, 2.45) is 0 Å². The molecule has 0 fully saturated rings. The van der Waals surface area contributed by atoms with Gasteiger partial charge in [-0.15, -0.1) is 0 Å². The first kappa shape index (κ1) is 29.8. The maximum atomic E-state index is 14.1. The molecule has 2 atom stereocenters. The third kappa shape index (κ3) is 5.25. The number of pyridine rings is 1. The van der Waals surface area contributed by atoms with Gasteiger partial charge in [0, 0.05) is 6.20 Å². The highest BCUT2D eigenvalue weighted by molar-refractivity contribution is 6.99. The van der Waals surface area contributed by atoms with Crippen LogP contribution in [0.25, 0.3) is 17.2 Å². The first-order chi connectivity index (χ1) is 22.2. The molecule has 9 heteroatoms. The molecule has 1 aliphatic rings. The largest absolute Gasteiger partial charge is 0.400 e. The monoisotopic (exact) mass is 628 g/mol. The molecule has 232 valence electrons. The Morgan fingerprint density at radius 1 is 0.826 bits per heavy atom. The molecule has 7 nitrogen and oxygen atoms in total. The molecule has 3 N–H and O–H groups in total. The van der Waals surface area contributed by atoms with E-state index in [2.05, 4.69) is 121 Å². The Bertz CT molecular complexity index is 1950. The third-order valence-corrected chi connectivity index (χ3v) is 14.0. The van der Waals surface area contributed by atoms with Crippen LogP contribution in [0.2, 0.25) is 5.04 Å². The van der Waals surface area contributed by atoms with Crippen LogP contribution in [0, 0.1) is 5.82 Å². The van der Waals surface area contributed by atoms with E-state index < -0.39 is 8.32 Å². The lowest BCUT2D eigenvalue weighted by molar-refractivity contribution is 0.165. The first-order valence-corrected chi connectivity index (χ1v) is 17.5. The first-order valence-electron chi connectivity index (χ1n) is 15.6. The van der Waals surface area contributed by atoms with Crippen molar-refractivity contribution in [3.8, 4) is 11.5 Å². The van der Waals surface area contributed by atoms with Gasteiger partial charge in [0.25, 0.3) is 8.32 Å². The van der Waals surface area contributed by atoms with E-state index in [0.29, 0.717) is 28.7 Å². The third-order valence-electron chi connectivity index (χ3n) is 9.00. The van der Waals surface area contributed by atoms with Crippen molar-refractivity contribution in [3.63, 3.8) is 0 Å². The maximum absolute atomic E-state index is 14.1. The molecule has 0 bridgehead atoms. The Hall–Kier alpha value is -4.86. The summed E-state index contributed by atoms with van der Waals surface area (Å²) in [5.74, 6) is 0.573. The maximum Gasteiger partial charge on any atom is 0.261 e. The molecule has 3 heterocycles.